The Hall–Kier alpha value is -2.95. The van der Waals surface area contributed by atoms with Crippen LogP contribution in [0, 0.1) is 13.8 Å². The number of nitrogens with zero attached hydrogens (tertiary/aromatic N) is 4. The smallest absolute Gasteiger partial charge is 0.253 e. The summed E-state index contributed by atoms with van der Waals surface area (Å²) in [6.07, 6.45) is 5.98. The molecule has 0 radical (unpaired) electrons. The van der Waals surface area contributed by atoms with E-state index in [1.165, 1.54) is 6.33 Å². The van der Waals surface area contributed by atoms with E-state index in [0.717, 1.165) is 11.1 Å². The Balaban J connectivity index is 1.36. The first-order valence-corrected chi connectivity index (χ1v) is 11.4. The lowest BCUT2D eigenvalue weighted by molar-refractivity contribution is 0.0711. The zero-order valence-corrected chi connectivity index (χ0v) is 18.1. The van der Waals surface area contributed by atoms with Gasteiger partial charge < -0.3 is 14.0 Å². The van der Waals surface area contributed by atoms with Gasteiger partial charge in [0.05, 0.1) is 6.04 Å². The van der Waals surface area contributed by atoms with Gasteiger partial charge in [-0.25, -0.2) is 9.97 Å². The Labute approximate surface area is 181 Å². The summed E-state index contributed by atoms with van der Waals surface area (Å²) in [4.78, 5) is 22.7. The fourth-order valence-corrected chi connectivity index (χ4v) is 5.41. The number of carbonyl (C=O) groups excluding carboxylic acids is 1. The molecule has 31 heavy (non-hydrogen) atoms. The quantitative estimate of drug-likeness (QED) is 0.603. The van der Waals surface area contributed by atoms with Crippen molar-refractivity contribution < 1.29 is 18.1 Å². The van der Waals surface area contributed by atoms with Gasteiger partial charge in [-0.3, -0.25) is 4.79 Å². The van der Waals surface area contributed by atoms with E-state index < -0.39 is 10.4 Å². The number of nitrogens with one attached hydrogen (secondary N) is 1. The van der Waals surface area contributed by atoms with Crippen molar-refractivity contribution in [3.63, 3.8) is 0 Å². The van der Waals surface area contributed by atoms with Crippen LogP contribution < -0.4 is 4.72 Å². The average molecular weight is 442 g/mol. The third kappa shape index (κ3) is 4.55. The first kappa shape index (κ1) is 21.3. The number of carbonyl (C=O) groups is 1. The van der Waals surface area contributed by atoms with E-state index in [9.17, 15) is 13.6 Å². The summed E-state index contributed by atoms with van der Waals surface area (Å²) in [5.74, 6) is 0.200. The van der Waals surface area contributed by atoms with Gasteiger partial charge in [-0.1, -0.05) is 21.5 Å². The molecule has 1 aromatic carbocycles. The lowest BCUT2D eigenvalue weighted by atomic mass is 10.0. The molecule has 1 amide bonds. The minimum atomic E-state index is -3.72. The second-order valence-electron chi connectivity index (χ2n) is 7.55. The zero-order chi connectivity index (χ0) is 22.0. The van der Waals surface area contributed by atoms with Gasteiger partial charge in [-0.05, 0) is 37.5 Å². The highest BCUT2D eigenvalue weighted by Gasteiger charge is 2.34. The van der Waals surface area contributed by atoms with Crippen LogP contribution >= 0.6 is 0 Å². The van der Waals surface area contributed by atoms with Crippen LogP contribution in [0.5, 0.6) is 0 Å². The molecule has 1 saturated heterocycles. The first-order valence-electron chi connectivity index (χ1n) is 9.95. The molecule has 1 N–H and O–H groups in total. The minimum absolute atomic E-state index is 0.0668. The van der Waals surface area contributed by atoms with Crippen molar-refractivity contribution >= 4 is 16.3 Å². The molecule has 1 atom stereocenters. The van der Waals surface area contributed by atoms with Crippen molar-refractivity contribution in [2.45, 2.75) is 37.6 Å². The van der Waals surface area contributed by atoms with Crippen molar-refractivity contribution in [3.8, 4) is 11.1 Å². The van der Waals surface area contributed by atoms with Crippen LogP contribution in [0.3, 0.4) is 0 Å². The van der Waals surface area contributed by atoms with E-state index in [-0.39, 0.29) is 22.6 Å². The van der Waals surface area contributed by atoms with Crippen LogP contribution in [-0.2, 0) is 14.6 Å². The molecular formula is C21H23N5O4S. The summed E-state index contributed by atoms with van der Waals surface area (Å²) in [5.41, 5.74) is 2.75. The van der Waals surface area contributed by atoms with E-state index in [2.05, 4.69) is 19.8 Å². The number of aryl methyl sites for hydroxylation is 2. The predicted molar refractivity (Wildman–Crippen MR) is 113 cm³/mol. The van der Waals surface area contributed by atoms with Gasteiger partial charge in [-0.2, -0.15) is 0 Å². The normalized spacial score (nSPS) is 16.8. The van der Waals surface area contributed by atoms with Gasteiger partial charge in [0.15, 0.2) is 16.2 Å². The molecule has 162 valence electrons. The fourth-order valence-electron chi connectivity index (χ4n) is 3.77. The van der Waals surface area contributed by atoms with Crippen LogP contribution in [-0.4, -0.2) is 49.6 Å². The molecule has 1 fully saturated rings. The highest BCUT2D eigenvalue weighted by molar-refractivity contribution is 7.95. The van der Waals surface area contributed by atoms with Gasteiger partial charge in [0.1, 0.15) is 12.0 Å². The first-order chi connectivity index (χ1) is 14.8. The number of rotatable bonds is 5. The SMILES string of the molecule is Cc1noc(C)c1[S+](=O)([O-])NC1CCN(C(=O)c2ccc(-c3cncnc3)cc2)CC1. The van der Waals surface area contributed by atoms with Crippen LogP contribution in [0.25, 0.3) is 11.1 Å². The van der Waals surface area contributed by atoms with E-state index in [1.54, 1.807) is 43.3 Å². The predicted octanol–water partition coefficient (Wildman–Crippen LogP) is 2.55. The molecule has 2 aromatic heterocycles. The van der Waals surface area contributed by atoms with Gasteiger partial charge in [0.2, 0.25) is 4.90 Å². The Morgan fingerprint density at radius 3 is 2.35 bits per heavy atom. The number of hydrogen-bond donors (Lipinski definition) is 1. The zero-order valence-electron chi connectivity index (χ0n) is 17.3. The Kier molecular flexibility index (Phi) is 5.94. The summed E-state index contributed by atoms with van der Waals surface area (Å²) < 4.78 is 33.1. The van der Waals surface area contributed by atoms with E-state index >= 15 is 0 Å². The fraction of sp³-hybridized carbons (Fsp3) is 0.333. The Morgan fingerprint density at radius 1 is 1.13 bits per heavy atom. The molecule has 0 aliphatic carbocycles. The third-order valence-corrected chi connectivity index (χ3v) is 7.13. The van der Waals surface area contributed by atoms with Crippen molar-refractivity contribution in [2.24, 2.45) is 0 Å². The van der Waals surface area contributed by atoms with Crippen LogP contribution in [0.15, 0.2) is 52.4 Å². The van der Waals surface area contributed by atoms with Gasteiger partial charge >= 0.3 is 0 Å². The van der Waals surface area contributed by atoms with Crippen LogP contribution in [0.4, 0.5) is 0 Å². The lowest BCUT2D eigenvalue weighted by Crippen LogP contribution is -2.48. The maximum absolute atomic E-state index is 12.9. The van der Waals surface area contributed by atoms with Crippen LogP contribution in [0.1, 0.15) is 34.7 Å². The number of sulfonamides is 1. The number of benzene rings is 1. The third-order valence-electron chi connectivity index (χ3n) is 5.37. The molecule has 1 aliphatic rings. The van der Waals surface area contributed by atoms with E-state index in [1.807, 2.05) is 12.1 Å². The summed E-state index contributed by atoms with van der Waals surface area (Å²) in [7, 11) is -3.72. The number of likely N-dealkylation sites (tertiary alicyclic amines) is 1. The van der Waals surface area contributed by atoms with Crippen LogP contribution in [0.2, 0.25) is 0 Å². The standard InChI is InChI=1S/C21H23N5O4S/c1-14-20(15(2)30-24-14)31(28,29)25-19-7-9-26(10-8-19)21(27)17-5-3-16(4-6-17)18-11-22-13-23-12-18/h3-6,11-13,19H,7-10H2,1-2H3,(H-,25,28,29). The summed E-state index contributed by atoms with van der Waals surface area (Å²) in [6.45, 7) is 4.12. The van der Waals surface area contributed by atoms with E-state index in [4.69, 9.17) is 4.52 Å². The molecule has 1 unspecified atom stereocenters. The molecule has 9 nitrogen and oxygen atoms in total. The number of hydrogen-bond acceptors (Lipinski definition) is 7. The Bertz CT molecular complexity index is 1090. The molecule has 4 rings (SSSR count). The maximum Gasteiger partial charge on any atom is 0.253 e. The topological polar surface area (TPSA) is 124 Å². The highest BCUT2D eigenvalue weighted by atomic mass is 32.3. The second-order valence-corrected chi connectivity index (χ2v) is 9.20. The highest BCUT2D eigenvalue weighted by Crippen LogP contribution is 2.25. The van der Waals surface area contributed by atoms with Crippen molar-refractivity contribution in [1.29, 1.82) is 0 Å². The number of aromatic nitrogens is 3. The average Bonchev–Trinajstić information content (AvgIpc) is 3.13. The van der Waals surface area contributed by atoms with Gasteiger partial charge in [0, 0.05) is 43.5 Å². The van der Waals surface area contributed by atoms with Crippen molar-refractivity contribution in [2.75, 3.05) is 13.1 Å². The van der Waals surface area contributed by atoms with Gasteiger partial charge in [-0.15, -0.1) is 4.72 Å². The summed E-state index contributed by atoms with van der Waals surface area (Å²) in [6, 6.07) is 7.07. The van der Waals surface area contributed by atoms with Crippen molar-refractivity contribution in [3.05, 3.63) is 60.0 Å². The molecular weight excluding hydrogens is 418 g/mol. The lowest BCUT2D eigenvalue weighted by Gasteiger charge is -2.32. The Morgan fingerprint density at radius 2 is 1.77 bits per heavy atom. The van der Waals surface area contributed by atoms with Crippen molar-refractivity contribution in [1.82, 2.24) is 24.7 Å². The molecule has 10 heteroatoms. The molecule has 0 saturated carbocycles. The maximum atomic E-state index is 12.9. The summed E-state index contributed by atoms with van der Waals surface area (Å²) >= 11 is 0. The minimum Gasteiger partial charge on any atom is -0.593 e. The monoisotopic (exact) mass is 441 g/mol. The largest absolute Gasteiger partial charge is 0.593 e. The second kappa shape index (κ2) is 8.66. The van der Waals surface area contributed by atoms with Gasteiger partial charge in [0.25, 0.3) is 5.91 Å². The van der Waals surface area contributed by atoms with E-state index in [0.29, 0.717) is 37.2 Å². The molecule has 0 bridgehead atoms. The number of amides is 1. The summed E-state index contributed by atoms with van der Waals surface area (Å²) in [5, 5.41) is 3.72. The molecule has 1 aliphatic heterocycles. The number of piperidine rings is 1. The molecule has 0 spiro atoms. The molecule has 3 aromatic rings. The molecule has 3 heterocycles.